The maximum atomic E-state index is 12.2. The van der Waals surface area contributed by atoms with Crippen molar-refractivity contribution in [1.82, 2.24) is 10.0 Å². The Bertz CT molecular complexity index is 528. The van der Waals surface area contributed by atoms with E-state index in [1.165, 1.54) is 0 Å². The van der Waals surface area contributed by atoms with E-state index in [0.29, 0.717) is 17.1 Å². The van der Waals surface area contributed by atoms with Crippen molar-refractivity contribution in [2.24, 2.45) is 0 Å². The number of hydrogen-bond donors (Lipinski definition) is 2. The zero-order chi connectivity index (χ0) is 13.9. The van der Waals surface area contributed by atoms with Crippen molar-refractivity contribution in [3.63, 3.8) is 0 Å². The van der Waals surface area contributed by atoms with E-state index < -0.39 is 10.0 Å². The number of nitrogens with one attached hydrogen (secondary N) is 2. The van der Waals surface area contributed by atoms with E-state index in [1.807, 2.05) is 0 Å². The van der Waals surface area contributed by atoms with Crippen molar-refractivity contribution in [3.05, 3.63) is 27.7 Å². The van der Waals surface area contributed by atoms with Crippen molar-refractivity contribution in [3.8, 4) is 0 Å². The highest BCUT2D eigenvalue weighted by Crippen LogP contribution is 2.29. The van der Waals surface area contributed by atoms with Gasteiger partial charge in [-0.15, -0.1) is 12.4 Å². The molecule has 0 radical (unpaired) electrons. The van der Waals surface area contributed by atoms with Gasteiger partial charge in [-0.1, -0.05) is 17.7 Å². The second-order valence-corrected chi connectivity index (χ2v) is 7.50. The molecule has 4 nitrogen and oxygen atoms in total. The van der Waals surface area contributed by atoms with Crippen molar-refractivity contribution < 1.29 is 8.42 Å². The predicted molar refractivity (Wildman–Crippen MR) is 87.2 cm³/mol. The number of hydrogen-bond acceptors (Lipinski definition) is 3. The van der Waals surface area contributed by atoms with Gasteiger partial charge in [0.25, 0.3) is 0 Å². The number of rotatable bonds is 5. The van der Waals surface area contributed by atoms with Gasteiger partial charge in [-0.05, 0) is 53.9 Å². The third kappa shape index (κ3) is 4.58. The fourth-order valence-corrected chi connectivity index (χ4v) is 4.96. The van der Waals surface area contributed by atoms with Crippen LogP contribution < -0.4 is 10.0 Å². The maximum Gasteiger partial charge on any atom is 0.243 e. The molecule has 1 atom stereocenters. The highest BCUT2D eigenvalue weighted by Gasteiger charge is 2.21. The van der Waals surface area contributed by atoms with Gasteiger partial charge in [0.1, 0.15) is 4.90 Å². The summed E-state index contributed by atoms with van der Waals surface area (Å²) in [6.07, 6.45) is 3.06. The molecule has 8 heteroatoms. The van der Waals surface area contributed by atoms with Crippen LogP contribution in [-0.4, -0.2) is 27.5 Å². The predicted octanol–water partition coefficient (Wildman–Crippen LogP) is 2.94. The lowest BCUT2D eigenvalue weighted by molar-refractivity contribution is 0.539. The lowest BCUT2D eigenvalue weighted by atomic mass is 10.2. The molecule has 1 fully saturated rings. The van der Waals surface area contributed by atoms with Gasteiger partial charge in [0.2, 0.25) is 10.0 Å². The number of sulfonamides is 1. The van der Waals surface area contributed by atoms with Gasteiger partial charge in [-0.2, -0.15) is 0 Å². The quantitative estimate of drug-likeness (QED) is 0.794. The lowest BCUT2D eigenvalue weighted by Crippen LogP contribution is -2.31. The topological polar surface area (TPSA) is 58.2 Å². The summed E-state index contributed by atoms with van der Waals surface area (Å²) in [5.74, 6) is 0. The van der Waals surface area contributed by atoms with Gasteiger partial charge in [0.05, 0.1) is 5.02 Å². The Labute approximate surface area is 139 Å². The van der Waals surface area contributed by atoms with Gasteiger partial charge in [-0.3, -0.25) is 0 Å². The van der Waals surface area contributed by atoms with Crippen LogP contribution in [0.5, 0.6) is 0 Å². The van der Waals surface area contributed by atoms with Crippen LogP contribution >= 0.6 is 39.9 Å². The van der Waals surface area contributed by atoms with E-state index in [0.717, 1.165) is 25.8 Å². The molecule has 0 aliphatic carbocycles. The van der Waals surface area contributed by atoms with Crippen molar-refractivity contribution in [2.45, 2.75) is 30.2 Å². The van der Waals surface area contributed by atoms with Gasteiger partial charge >= 0.3 is 0 Å². The molecule has 0 spiro atoms. The Morgan fingerprint density at radius 3 is 2.80 bits per heavy atom. The molecule has 0 unspecified atom stereocenters. The third-order valence-electron chi connectivity index (χ3n) is 3.13. The van der Waals surface area contributed by atoms with Crippen LogP contribution in [0.4, 0.5) is 0 Å². The summed E-state index contributed by atoms with van der Waals surface area (Å²) < 4.78 is 27.5. The molecule has 20 heavy (non-hydrogen) atoms. The van der Waals surface area contributed by atoms with Crippen LogP contribution in [0.15, 0.2) is 27.6 Å². The first-order chi connectivity index (χ1) is 9.00. The Kier molecular flexibility index (Phi) is 7.24. The summed E-state index contributed by atoms with van der Waals surface area (Å²) in [6.45, 7) is 1.44. The molecule has 0 aromatic heterocycles. The molecular weight excluding hydrogens is 387 g/mol. The van der Waals surface area contributed by atoms with E-state index in [1.54, 1.807) is 18.2 Å². The minimum Gasteiger partial charge on any atom is -0.314 e. The molecule has 1 heterocycles. The summed E-state index contributed by atoms with van der Waals surface area (Å²) >= 11 is 9.18. The van der Waals surface area contributed by atoms with Crippen LogP contribution in [0.25, 0.3) is 0 Å². The highest BCUT2D eigenvalue weighted by atomic mass is 79.9. The standard InChI is InChI=1S/C12H16BrClN2O2S.ClH/c13-10-4-1-5-11(14)12(10)19(17,18)16-8-6-9-3-2-7-15-9;/h1,4-5,9,15-16H,2-3,6-8H2;1H/t9-;/m1./s1. The highest BCUT2D eigenvalue weighted by molar-refractivity contribution is 9.10. The monoisotopic (exact) mass is 402 g/mol. The van der Waals surface area contributed by atoms with Crippen molar-refractivity contribution in [1.29, 1.82) is 0 Å². The van der Waals surface area contributed by atoms with Crippen molar-refractivity contribution in [2.75, 3.05) is 13.1 Å². The van der Waals surface area contributed by atoms with Crippen LogP contribution in [0.1, 0.15) is 19.3 Å². The fourth-order valence-electron chi connectivity index (χ4n) is 2.18. The molecule has 1 aliphatic rings. The van der Waals surface area contributed by atoms with E-state index in [9.17, 15) is 8.42 Å². The lowest BCUT2D eigenvalue weighted by Gasteiger charge is -2.12. The van der Waals surface area contributed by atoms with Gasteiger partial charge in [0, 0.05) is 17.1 Å². The Morgan fingerprint density at radius 2 is 2.20 bits per heavy atom. The Hall–Kier alpha value is 0.150. The van der Waals surface area contributed by atoms with Gasteiger partial charge in [0.15, 0.2) is 0 Å². The van der Waals surface area contributed by atoms with Gasteiger partial charge in [-0.25, -0.2) is 13.1 Å². The zero-order valence-corrected chi connectivity index (χ0v) is 14.7. The van der Waals surface area contributed by atoms with Crippen molar-refractivity contribution >= 4 is 50.0 Å². The molecule has 1 saturated heterocycles. The fraction of sp³-hybridized carbons (Fsp3) is 0.500. The normalized spacial score (nSPS) is 18.8. The summed E-state index contributed by atoms with van der Waals surface area (Å²) in [5.41, 5.74) is 0. The smallest absolute Gasteiger partial charge is 0.243 e. The Balaban J connectivity index is 0.00000200. The average Bonchev–Trinajstić information content (AvgIpc) is 2.81. The summed E-state index contributed by atoms with van der Waals surface area (Å²) in [4.78, 5) is 0.107. The number of benzene rings is 1. The molecule has 1 aromatic rings. The second kappa shape index (κ2) is 7.96. The van der Waals surface area contributed by atoms with Crippen LogP contribution in [0, 0.1) is 0 Å². The molecule has 1 aliphatic heterocycles. The third-order valence-corrected chi connectivity index (χ3v) is 6.05. The second-order valence-electron chi connectivity index (χ2n) is 4.53. The molecule has 2 N–H and O–H groups in total. The molecule has 1 aromatic carbocycles. The molecule has 2 rings (SSSR count). The van der Waals surface area contributed by atoms with E-state index in [2.05, 4.69) is 26.0 Å². The summed E-state index contributed by atoms with van der Waals surface area (Å²) in [6, 6.07) is 5.35. The SMILES string of the molecule is Cl.O=S(=O)(NCC[C@H]1CCCN1)c1c(Cl)cccc1Br. The van der Waals surface area contributed by atoms with E-state index >= 15 is 0 Å². The zero-order valence-electron chi connectivity index (χ0n) is 10.7. The molecule has 0 saturated carbocycles. The van der Waals surface area contributed by atoms with Crippen LogP contribution in [0.3, 0.4) is 0 Å². The average molecular weight is 404 g/mol. The largest absolute Gasteiger partial charge is 0.314 e. The molecular formula is C12H17BrCl2N2O2S. The van der Waals surface area contributed by atoms with Gasteiger partial charge < -0.3 is 5.32 Å². The first-order valence-electron chi connectivity index (χ1n) is 6.18. The minimum absolute atomic E-state index is 0. The van der Waals surface area contributed by atoms with Crippen LogP contribution in [0.2, 0.25) is 5.02 Å². The number of halogens is 3. The molecule has 0 bridgehead atoms. The molecule has 114 valence electrons. The maximum absolute atomic E-state index is 12.2. The first-order valence-corrected chi connectivity index (χ1v) is 8.83. The summed E-state index contributed by atoms with van der Waals surface area (Å²) in [5, 5.41) is 3.56. The van der Waals surface area contributed by atoms with E-state index in [-0.39, 0.29) is 22.3 Å². The minimum atomic E-state index is -3.57. The van der Waals surface area contributed by atoms with Crippen LogP contribution in [-0.2, 0) is 10.0 Å². The van der Waals surface area contributed by atoms with E-state index in [4.69, 9.17) is 11.6 Å². The Morgan fingerprint density at radius 1 is 1.45 bits per heavy atom. The summed E-state index contributed by atoms with van der Waals surface area (Å²) in [7, 11) is -3.57. The molecule has 0 amide bonds. The first kappa shape index (κ1) is 18.2.